The fourth-order valence-electron chi connectivity index (χ4n) is 2.23. The highest BCUT2D eigenvalue weighted by atomic mass is 35.5. The molecule has 26 heavy (non-hydrogen) atoms. The van der Waals surface area contributed by atoms with E-state index in [1.807, 2.05) is 6.07 Å². The van der Waals surface area contributed by atoms with E-state index in [0.717, 1.165) is 17.7 Å². The molecular weight excluding hydrogens is 365 g/mol. The van der Waals surface area contributed by atoms with Gasteiger partial charge in [0.1, 0.15) is 17.6 Å². The number of nitriles is 1. The maximum absolute atomic E-state index is 12.6. The Morgan fingerprint density at radius 2 is 1.81 bits per heavy atom. The van der Waals surface area contributed by atoms with Crippen LogP contribution in [0.3, 0.4) is 0 Å². The molecule has 0 aliphatic rings. The Balaban J connectivity index is 1.88. The van der Waals surface area contributed by atoms with Gasteiger partial charge in [-0.3, -0.25) is 4.98 Å². The number of furan rings is 1. The molecule has 0 N–H and O–H groups in total. The number of hydrogen-bond donors (Lipinski definition) is 0. The van der Waals surface area contributed by atoms with Crippen LogP contribution in [0.1, 0.15) is 17.0 Å². The van der Waals surface area contributed by atoms with Gasteiger partial charge in [0.05, 0.1) is 16.8 Å². The second-order valence-corrected chi connectivity index (χ2v) is 5.75. The molecule has 2 heterocycles. The number of allylic oxidation sites excluding steroid dienone is 1. The van der Waals surface area contributed by atoms with E-state index in [4.69, 9.17) is 16.0 Å². The summed E-state index contributed by atoms with van der Waals surface area (Å²) in [4.78, 5) is 3.72. The summed E-state index contributed by atoms with van der Waals surface area (Å²) in [7, 11) is 0. The van der Waals surface area contributed by atoms with Crippen LogP contribution in [-0.2, 0) is 6.18 Å². The number of alkyl halides is 3. The van der Waals surface area contributed by atoms with Gasteiger partial charge in [-0.1, -0.05) is 11.6 Å². The van der Waals surface area contributed by atoms with E-state index in [-0.39, 0.29) is 11.3 Å². The van der Waals surface area contributed by atoms with Crippen LogP contribution < -0.4 is 0 Å². The minimum Gasteiger partial charge on any atom is -0.457 e. The minimum atomic E-state index is -4.48. The van der Waals surface area contributed by atoms with Crippen molar-refractivity contribution in [1.82, 2.24) is 4.98 Å². The van der Waals surface area contributed by atoms with Crippen molar-refractivity contribution in [2.24, 2.45) is 0 Å². The lowest BCUT2D eigenvalue weighted by Crippen LogP contribution is -2.05. The third-order valence-corrected chi connectivity index (χ3v) is 3.78. The zero-order chi connectivity index (χ0) is 18.7. The van der Waals surface area contributed by atoms with Gasteiger partial charge in [0, 0.05) is 22.9 Å². The van der Waals surface area contributed by atoms with Gasteiger partial charge in [-0.05, 0) is 48.5 Å². The first kappa shape index (κ1) is 17.8. The molecule has 0 saturated carbocycles. The Bertz CT molecular complexity index is 981. The lowest BCUT2D eigenvalue weighted by Gasteiger charge is -2.06. The lowest BCUT2D eigenvalue weighted by atomic mass is 10.1. The van der Waals surface area contributed by atoms with E-state index in [1.165, 1.54) is 6.08 Å². The summed E-state index contributed by atoms with van der Waals surface area (Å²) in [5.41, 5.74) is 0.155. The Labute approximate surface area is 152 Å². The number of benzene rings is 1. The third-order valence-electron chi connectivity index (χ3n) is 3.53. The lowest BCUT2D eigenvalue weighted by molar-refractivity contribution is -0.137. The van der Waals surface area contributed by atoms with Crippen molar-refractivity contribution in [3.05, 3.63) is 76.8 Å². The van der Waals surface area contributed by atoms with Crippen LogP contribution in [0.4, 0.5) is 13.2 Å². The predicted octanol–water partition coefficient (Wildman–Crippen LogP) is 6.08. The molecule has 0 fully saturated rings. The summed E-state index contributed by atoms with van der Waals surface area (Å²) in [5, 5.41) is 9.89. The standard InChI is InChI=1S/C19H10ClF3N2O/c20-15-4-1-12(2-5-15)18-8-6-16(26-18)9-13(10-24)17-7-3-14(11-25-17)19(21,22)23/h1-9,11H. The molecule has 130 valence electrons. The van der Waals surface area contributed by atoms with Crippen molar-refractivity contribution in [3.8, 4) is 17.4 Å². The highest BCUT2D eigenvalue weighted by Gasteiger charge is 2.30. The fourth-order valence-corrected chi connectivity index (χ4v) is 2.35. The molecule has 0 spiro atoms. The SMILES string of the molecule is N#CC(=Cc1ccc(-c2ccc(Cl)cc2)o1)c1ccc(C(F)(F)F)cn1. The van der Waals surface area contributed by atoms with Crippen molar-refractivity contribution >= 4 is 23.3 Å². The Morgan fingerprint density at radius 3 is 2.38 bits per heavy atom. The summed E-state index contributed by atoms with van der Waals surface area (Å²) in [5.74, 6) is 0.957. The van der Waals surface area contributed by atoms with Crippen LogP contribution in [0.15, 0.2) is 59.1 Å². The molecule has 3 aromatic rings. The number of nitrogens with zero attached hydrogens (tertiary/aromatic N) is 2. The van der Waals surface area contributed by atoms with E-state index in [9.17, 15) is 18.4 Å². The third kappa shape index (κ3) is 3.95. The Hall–Kier alpha value is -3.04. The largest absolute Gasteiger partial charge is 0.457 e. The molecule has 7 heteroatoms. The van der Waals surface area contributed by atoms with Gasteiger partial charge in [0.25, 0.3) is 0 Å². The molecule has 3 rings (SSSR count). The Morgan fingerprint density at radius 1 is 1.08 bits per heavy atom. The van der Waals surface area contributed by atoms with Crippen molar-refractivity contribution in [2.75, 3.05) is 0 Å². The first-order valence-corrected chi connectivity index (χ1v) is 7.76. The van der Waals surface area contributed by atoms with Crippen LogP contribution in [0.5, 0.6) is 0 Å². The van der Waals surface area contributed by atoms with E-state index >= 15 is 0 Å². The first-order chi connectivity index (χ1) is 12.4. The number of rotatable bonds is 3. The second-order valence-electron chi connectivity index (χ2n) is 5.31. The molecule has 0 radical (unpaired) electrons. The molecule has 2 aromatic heterocycles. The topological polar surface area (TPSA) is 49.8 Å². The van der Waals surface area contributed by atoms with Gasteiger partial charge in [0.15, 0.2) is 0 Å². The van der Waals surface area contributed by atoms with Crippen LogP contribution in [-0.4, -0.2) is 4.98 Å². The van der Waals surface area contributed by atoms with Crippen LogP contribution in [0, 0.1) is 11.3 Å². The zero-order valence-corrected chi connectivity index (χ0v) is 13.8. The molecule has 0 aliphatic carbocycles. The van der Waals surface area contributed by atoms with E-state index < -0.39 is 11.7 Å². The van der Waals surface area contributed by atoms with Gasteiger partial charge in [-0.25, -0.2) is 0 Å². The molecule has 0 bridgehead atoms. The van der Waals surface area contributed by atoms with Crippen molar-refractivity contribution in [1.29, 1.82) is 5.26 Å². The molecule has 0 aliphatic heterocycles. The van der Waals surface area contributed by atoms with E-state index in [1.54, 1.807) is 36.4 Å². The average molecular weight is 375 g/mol. The molecule has 3 nitrogen and oxygen atoms in total. The van der Waals surface area contributed by atoms with Crippen molar-refractivity contribution in [3.63, 3.8) is 0 Å². The highest BCUT2D eigenvalue weighted by Crippen LogP contribution is 2.30. The number of hydrogen-bond acceptors (Lipinski definition) is 3. The summed E-state index contributed by atoms with van der Waals surface area (Å²) in [6, 6.07) is 14.4. The number of pyridine rings is 1. The van der Waals surface area contributed by atoms with E-state index in [0.29, 0.717) is 22.7 Å². The average Bonchev–Trinajstić information content (AvgIpc) is 3.08. The molecule has 1 aromatic carbocycles. The van der Waals surface area contributed by atoms with Crippen LogP contribution in [0.2, 0.25) is 5.02 Å². The molecule has 0 unspecified atom stereocenters. The zero-order valence-electron chi connectivity index (χ0n) is 13.1. The van der Waals surface area contributed by atoms with E-state index in [2.05, 4.69) is 4.98 Å². The Kier molecular flexibility index (Phi) is 4.83. The summed E-state index contributed by atoms with van der Waals surface area (Å²) >= 11 is 5.85. The summed E-state index contributed by atoms with van der Waals surface area (Å²) in [6.07, 6.45) is -2.35. The smallest absolute Gasteiger partial charge is 0.417 e. The van der Waals surface area contributed by atoms with Crippen molar-refractivity contribution < 1.29 is 17.6 Å². The maximum Gasteiger partial charge on any atom is 0.417 e. The monoisotopic (exact) mass is 374 g/mol. The number of aromatic nitrogens is 1. The van der Waals surface area contributed by atoms with Crippen molar-refractivity contribution in [2.45, 2.75) is 6.18 Å². The summed E-state index contributed by atoms with van der Waals surface area (Å²) < 4.78 is 43.4. The predicted molar refractivity (Wildman–Crippen MR) is 91.9 cm³/mol. The minimum absolute atomic E-state index is 0.0933. The molecule has 0 amide bonds. The quantitative estimate of drug-likeness (QED) is 0.522. The number of halogens is 4. The summed E-state index contributed by atoms with van der Waals surface area (Å²) in [6.45, 7) is 0. The molecule has 0 saturated heterocycles. The van der Waals surface area contributed by atoms with Gasteiger partial charge >= 0.3 is 6.18 Å². The second kappa shape index (κ2) is 7.06. The molecular formula is C19H10ClF3N2O. The first-order valence-electron chi connectivity index (χ1n) is 7.38. The maximum atomic E-state index is 12.6. The van der Waals surface area contributed by atoms with Gasteiger partial charge in [-0.2, -0.15) is 18.4 Å². The fraction of sp³-hybridized carbons (Fsp3) is 0.0526. The van der Waals surface area contributed by atoms with Crippen LogP contribution >= 0.6 is 11.6 Å². The highest BCUT2D eigenvalue weighted by molar-refractivity contribution is 6.30. The normalized spacial score (nSPS) is 12.0. The van der Waals surface area contributed by atoms with Gasteiger partial charge < -0.3 is 4.42 Å². The molecule has 0 atom stereocenters. The van der Waals surface area contributed by atoms with Crippen LogP contribution in [0.25, 0.3) is 23.0 Å². The van der Waals surface area contributed by atoms with Gasteiger partial charge in [0.2, 0.25) is 0 Å². The van der Waals surface area contributed by atoms with Gasteiger partial charge in [-0.15, -0.1) is 0 Å².